The van der Waals surface area contributed by atoms with Crippen molar-refractivity contribution in [1.82, 2.24) is 0 Å². The van der Waals surface area contributed by atoms with Gasteiger partial charge in [0.25, 0.3) is 0 Å². The van der Waals surface area contributed by atoms with Crippen molar-refractivity contribution < 1.29 is 0 Å². The molecule has 0 radical (unpaired) electrons. The Hall–Kier alpha value is -0.830. The predicted molar refractivity (Wildman–Crippen MR) is 81.4 cm³/mol. The first-order valence-corrected chi connectivity index (χ1v) is 6.46. The Kier molecular flexibility index (Phi) is 4.21. The Bertz CT molecular complexity index is 535. The van der Waals surface area contributed by atoms with E-state index in [4.69, 9.17) is 23.8 Å². The van der Waals surface area contributed by atoms with E-state index in [1.807, 2.05) is 36.4 Å². The number of benzene rings is 2. The van der Waals surface area contributed by atoms with Gasteiger partial charge in [-0.3, -0.25) is 0 Å². The van der Waals surface area contributed by atoms with Crippen LogP contribution in [0.5, 0.6) is 0 Å². The van der Waals surface area contributed by atoms with Crippen LogP contribution >= 0.6 is 36.4 Å². The van der Waals surface area contributed by atoms with E-state index in [1.165, 1.54) is 5.56 Å². The van der Waals surface area contributed by atoms with Crippen LogP contribution in [0.4, 0.5) is 0 Å². The second-order valence-corrected chi connectivity index (χ2v) is 5.36. The van der Waals surface area contributed by atoms with Crippen LogP contribution in [0.2, 0.25) is 5.02 Å². The summed E-state index contributed by atoms with van der Waals surface area (Å²) < 4.78 is 0.604. The second kappa shape index (κ2) is 5.67. The van der Waals surface area contributed by atoms with Gasteiger partial charge in [0.1, 0.15) is 0 Å². The Morgan fingerprint density at radius 1 is 1.12 bits per heavy atom. The highest BCUT2D eigenvalue weighted by molar-refractivity contribution is 8.11. The highest BCUT2D eigenvalue weighted by Crippen LogP contribution is 2.21. The highest BCUT2D eigenvalue weighted by Gasteiger charge is 2.06. The summed E-state index contributed by atoms with van der Waals surface area (Å²) in [7, 11) is 0. The molecule has 3 heteroatoms. The van der Waals surface area contributed by atoms with Gasteiger partial charge in [-0.1, -0.05) is 60.2 Å². The van der Waals surface area contributed by atoms with Crippen molar-refractivity contribution in [2.45, 2.75) is 6.42 Å². The third-order valence-electron chi connectivity index (χ3n) is 2.54. The maximum atomic E-state index is 6.02. The Morgan fingerprint density at radius 3 is 2.47 bits per heavy atom. The molecular formula is C14H11ClS2. The average molecular weight is 279 g/mol. The number of halogens is 1. The minimum atomic E-state index is 0.604. The van der Waals surface area contributed by atoms with Crippen molar-refractivity contribution in [2.24, 2.45) is 0 Å². The quantitative estimate of drug-likeness (QED) is 0.635. The third-order valence-corrected chi connectivity index (χ3v) is 3.23. The molecule has 17 heavy (non-hydrogen) atoms. The molecule has 0 aromatic heterocycles. The van der Waals surface area contributed by atoms with E-state index in [0.717, 1.165) is 22.6 Å². The maximum absolute atomic E-state index is 6.02. The van der Waals surface area contributed by atoms with Gasteiger partial charge in [-0.05, 0) is 29.7 Å². The molecule has 0 atom stereocenters. The van der Waals surface area contributed by atoms with Gasteiger partial charge >= 0.3 is 0 Å². The molecule has 0 aliphatic heterocycles. The molecule has 0 amide bonds. The fourth-order valence-corrected chi connectivity index (χ4v) is 2.34. The van der Waals surface area contributed by atoms with Crippen LogP contribution in [0, 0.1) is 0 Å². The first-order valence-electron chi connectivity index (χ1n) is 5.22. The molecule has 2 aromatic carbocycles. The van der Waals surface area contributed by atoms with E-state index in [-0.39, 0.29) is 0 Å². The average Bonchev–Trinajstić information content (AvgIpc) is 2.30. The lowest BCUT2D eigenvalue weighted by molar-refractivity contribution is 1.19. The number of hydrogen-bond acceptors (Lipinski definition) is 1. The van der Waals surface area contributed by atoms with E-state index < -0.39 is 0 Å². The van der Waals surface area contributed by atoms with Gasteiger partial charge in [0.2, 0.25) is 0 Å². The van der Waals surface area contributed by atoms with E-state index in [0.29, 0.717) is 4.20 Å². The maximum Gasteiger partial charge on any atom is 0.0750 e. The molecule has 0 saturated carbocycles. The zero-order valence-corrected chi connectivity index (χ0v) is 11.5. The number of thiol groups is 1. The van der Waals surface area contributed by atoms with Crippen molar-refractivity contribution in [3.63, 3.8) is 0 Å². The monoisotopic (exact) mass is 278 g/mol. The molecule has 86 valence electrons. The Morgan fingerprint density at radius 2 is 1.82 bits per heavy atom. The van der Waals surface area contributed by atoms with Crippen molar-refractivity contribution in [1.29, 1.82) is 0 Å². The lowest BCUT2D eigenvalue weighted by Crippen LogP contribution is -1.98. The molecule has 2 aromatic rings. The summed E-state index contributed by atoms with van der Waals surface area (Å²) in [6, 6.07) is 16.0. The molecule has 0 unspecified atom stereocenters. The Labute approximate surface area is 117 Å². The molecule has 0 bridgehead atoms. The van der Waals surface area contributed by atoms with Crippen LogP contribution in [-0.4, -0.2) is 4.20 Å². The van der Waals surface area contributed by atoms with E-state index >= 15 is 0 Å². The lowest BCUT2D eigenvalue weighted by atomic mass is 10.0. The summed E-state index contributed by atoms with van der Waals surface area (Å²) in [5.41, 5.74) is 3.33. The summed E-state index contributed by atoms with van der Waals surface area (Å²) >= 11 is 15.4. The molecule has 0 saturated heterocycles. The van der Waals surface area contributed by atoms with Crippen LogP contribution in [0.25, 0.3) is 0 Å². The lowest BCUT2D eigenvalue weighted by Gasteiger charge is -2.08. The van der Waals surface area contributed by atoms with E-state index in [1.54, 1.807) is 0 Å². The minimum Gasteiger partial charge on any atom is -0.131 e. The molecule has 0 nitrogen and oxygen atoms in total. The van der Waals surface area contributed by atoms with Gasteiger partial charge in [0, 0.05) is 10.6 Å². The van der Waals surface area contributed by atoms with Crippen molar-refractivity contribution in [3.8, 4) is 0 Å². The molecule has 0 N–H and O–H groups in total. The number of thiocarbonyl (C=S) groups is 1. The summed E-state index contributed by atoms with van der Waals surface area (Å²) in [5.74, 6) is 0. The van der Waals surface area contributed by atoms with Crippen LogP contribution < -0.4 is 0 Å². The fraction of sp³-hybridized carbons (Fsp3) is 0.0714. The summed E-state index contributed by atoms with van der Waals surface area (Å²) in [5, 5.41) is 0.726. The normalized spacial score (nSPS) is 10.2. The Balaban J connectivity index is 2.37. The summed E-state index contributed by atoms with van der Waals surface area (Å²) in [4.78, 5) is 0. The minimum absolute atomic E-state index is 0.604. The zero-order chi connectivity index (χ0) is 12.3. The highest BCUT2D eigenvalue weighted by atomic mass is 35.5. The van der Waals surface area contributed by atoms with E-state index in [9.17, 15) is 0 Å². The third kappa shape index (κ3) is 3.32. The first kappa shape index (κ1) is 12.6. The second-order valence-electron chi connectivity index (χ2n) is 3.77. The smallest absolute Gasteiger partial charge is 0.0750 e. The molecule has 0 heterocycles. The number of rotatable bonds is 3. The number of hydrogen-bond donors (Lipinski definition) is 1. The van der Waals surface area contributed by atoms with E-state index in [2.05, 4.69) is 24.8 Å². The first-order chi connectivity index (χ1) is 8.16. The van der Waals surface area contributed by atoms with Crippen molar-refractivity contribution in [2.75, 3.05) is 0 Å². The standard InChI is InChI=1S/C14H11ClS2/c15-12-6-7-13(14(16)17)11(9-12)8-10-4-2-1-3-5-10/h1-7,9H,8H2,(H,16,17). The fourth-order valence-electron chi connectivity index (χ4n) is 1.73. The topological polar surface area (TPSA) is 0 Å². The van der Waals surface area contributed by atoms with Gasteiger partial charge in [-0.2, -0.15) is 0 Å². The van der Waals surface area contributed by atoms with Crippen LogP contribution in [0.3, 0.4) is 0 Å². The van der Waals surface area contributed by atoms with Crippen LogP contribution in [-0.2, 0) is 6.42 Å². The van der Waals surface area contributed by atoms with Gasteiger partial charge in [0.15, 0.2) is 0 Å². The summed E-state index contributed by atoms with van der Waals surface area (Å²) in [6.45, 7) is 0. The van der Waals surface area contributed by atoms with Gasteiger partial charge in [0.05, 0.1) is 4.20 Å². The SMILES string of the molecule is S=C(S)c1ccc(Cl)cc1Cc1ccccc1. The largest absolute Gasteiger partial charge is 0.131 e. The molecule has 0 spiro atoms. The van der Waals surface area contributed by atoms with Crippen molar-refractivity contribution in [3.05, 3.63) is 70.2 Å². The molecular weight excluding hydrogens is 268 g/mol. The molecule has 0 fully saturated rings. The molecule has 2 rings (SSSR count). The van der Waals surface area contributed by atoms with Gasteiger partial charge < -0.3 is 0 Å². The summed E-state index contributed by atoms with van der Waals surface area (Å²) in [6.07, 6.45) is 0.817. The van der Waals surface area contributed by atoms with Gasteiger partial charge in [-0.25, -0.2) is 0 Å². The zero-order valence-electron chi connectivity index (χ0n) is 9.06. The predicted octanol–water partition coefficient (Wildman–Crippen LogP) is 4.54. The van der Waals surface area contributed by atoms with Crippen LogP contribution in [0.15, 0.2) is 48.5 Å². The molecule has 0 aliphatic rings. The van der Waals surface area contributed by atoms with Crippen LogP contribution in [0.1, 0.15) is 16.7 Å². The molecule has 0 aliphatic carbocycles. The van der Waals surface area contributed by atoms with Crippen molar-refractivity contribution >= 4 is 40.6 Å². The van der Waals surface area contributed by atoms with Gasteiger partial charge in [-0.15, -0.1) is 12.6 Å².